The largest absolute Gasteiger partial charge is 0.389 e. The van der Waals surface area contributed by atoms with Crippen LogP contribution in [-0.4, -0.2) is 115 Å². The number of nitrogens with zero attached hydrogens (tertiary/aromatic N) is 2. The van der Waals surface area contributed by atoms with E-state index >= 15 is 0 Å². The molecule has 0 amide bonds. The van der Waals surface area contributed by atoms with Crippen LogP contribution in [0.4, 0.5) is 0 Å². The van der Waals surface area contributed by atoms with Gasteiger partial charge in [0.15, 0.2) is 0 Å². The molecule has 10 nitrogen and oxygen atoms in total. The molecule has 8 N–H and O–H groups in total. The van der Waals surface area contributed by atoms with Crippen LogP contribution in [0.2, 0.25) is 0 Å². The molecule has 2 aliphatic rings. The summed E-state index contributed by atoms with van der Waals surface area (Å²) in [6, 6.07) is 1.50. The molecule has 36 heavy (non-hydrogen) atoms. The summed E-state index contributed by atoms with van der Waals surface area (Å²) in [7, 11) is 0. The molecule has 2 heterocycles. The van der Waals surface area contributed by atoms with Crippen LogP contribution in [0, 0.1) is 0 Å². The molecule has 0 fully saturated rings. The summed E-state index contributed by atoms with van der Waals surface area (Å²) in [5.41, 5.74) is 0. The lowest BCUT2D eigenvalue weighted by atomic mass is 10.0. The highest BCUT2D eigenvalue weighted by Gasteiger charge is 2.20. The van der Waals surface area contributed by atoms with Crippen molar-refractivity contribution in [1.29, 1.82) is 0 Å². The van der Waals surface area contributed by atoms with Gasteiger partial charge in [-0.25, -0.2) is 0 Å². The molecule has 0 aromatic heterocycles. The average Bonchev–Trinajstić information content (AvgIpc) is 2.87. The van der Waals surface area contributed by atoms with E-state index in [1.165, 1.54) is 0 Å². The van der Waals surface area contributed by atoms with Gasteiger partial charge in [-0.05, 0) is 51.7 Å². The maximum Gasteiger partial charge on any atom is 0.0621 e. The Kier molecular flexibility index (Phi) is 17.1. The van der Waals surface area contributed by atoms with Crippen molar-refractivity contribution < 1.29 is 0 Å². The van der Waals surface area contributed by atoms with Crippen LogP contribution in [0.15, 0.2) is 34.5 Å². The molecule has 0 saturated heterocycles. The van der Waals surface area contributed by atoms with Gasteiger partial charge in [0.25, 0.3) is 0 Å². The monoisotopic (exact) mass is 504 g/mol. The fourth-order valence-electron chi connectivity index (χ4n) is 4.11. The predicted octanol–water partition coefficient (Wildman–Crippen LogP) is -0.808. The lowest BCUT2D eigenvalue weighted by Gasteiger charge is -2.30. The van der Waals surface area contributed by atoms with Gasteiger partial charge in [-0.3, -0.25) is 9.98 Å². The van der Waals surface area contributed by atoms with E-state index in [2.05, 4.69) is 73.3 Å². The Hall–Kier alpha value is -1.82. The van der Waals surface area contributed by atoms with Crippen molar-refractivity contribution in [2.24, 2.45) is 9.98 Å². The SMILES string of the molecule is C[C@H]1N=C/C=C\N[C@H](C)[C@@H](CC2CNC=CC=NCCNCCNCCN2)NCCNCCN[C@@H]1C. The summed E-state index contributed by atoms with van der Waals surface area (Å²) in [6.07, 6.45) is 12.8. The second kappa shape index (κ2) is 20.3. The molecule has 0 saturated carbocycles. The van der Waals surface area contributed by atoms with Gasteiger partial charge < -0.3 is 42.5 Å². The third kappa shape index (κ3) is 14.7. The van der Waals surface area contributed by atoms with Gasteiger partial charge in [0, 0.05) is 102 Å². The average molecular weight is 505 g/mol. The van der Waals surface area contributed by atoms with Crippen LogP contribution >= 0.6 is 0 Å². The van der Waals surface area contributed by atoms with Crippen molar-refractivity contribution in [3.8, 4) is 0 Å². The molecular formula is C26H52N10. The molecule has 2 rings (SSSR count). The van der Waals surface area contributed by atoms with Gasteiger partial charge >= 0.3 is 0 Å². The van der Waals surface area contributed by atoms with Crippen LogP contribution in [-0.2, 0) is 0 Å². The number of hydrogen-bond acceptors (Lipinski definition) is 10. The summed E-state index contributed by atoms with van der Waals surface area (Å²) in [5, 5.41) is 28.6. The molecule has 0 aliphatic carbocycles. The van der Waals surface area contributed by atoms with E-state index in [0.29, 0.717) is 18.1 Å². The molecule has 0 bridgehead atoms. The third-order valence-corrected chi connectivity index (χ3v) is 6.61. The molecule has 10 heteroatoms. The van der Waals surface area contributed by atoms with Crippen LogP contribution in [0.25, 0.3) is 0 Å². The Morgan fingerprint density at radius 1 is 0.694 bits per heavy atom. The van der Waals surface area contributed by atoms with E-state index in [4.69, 9.17) is 0 Å². The molecule has 0 radical (unpaired) electrons. The second-order valence-electron chi connectivity index (χ2n) is 9.62. The Morgan fingerprint density at radius 3 is 2.17 bits per heavy atom. The summed E-state index contributed by atoms with van der Waals surface area (Å²) in [5.74, 6) is 0. The zero-order valence-corrected chi connectivity index (χ0v) is 22.7. The molecule has 0 aromatic carbocycles. The van der Waals surface area contributed by atoms with Crippen molar-refractivity contribution in [1.82, 2.24) is 42.5 Å². The molecule has 1 unspecified atom stereocenters. The first kappa shape index (κ1) is 30.4. The molecule has 5 atom stereocenters. The Morgan fingerprint density at radius 2 is 1.36 bits per heavy atom. The fourth-order valence-corrected chi connectivity index (χ4v) is 4.11. The van der Waals surface area contributed by atoms with E-state index in [0.717, 1.165) is 78.4 Å². The van der Waals surface area contributed by atoms with E-state index in [1.54, 1.807) is 0 Å². The van der Waals surface area contributed by atoms with Crippen molar-refractivity contribution in [2.75, 3.05) is 72.0 Å². The topological polar surface area (TPSA) is 121 Å². The summed E-state index contributed by atoms with van der Waals surface area (Å²) >= 11 is 0. The van der Waals surface area contributed by atoms with Crippen molar-refractivity contribution in [3.63, 3.8) is 0 Å². The summed E-state index contributed by atoms with van der Waals surface area (Å²) in [4.78, 5) is 9.06. The van der Waals surface area contributed by atoms with Gasteiger partial charge in [-0.2, -0.15) is 0 Å². The van der Waals surface area contributed by atoms with Gasteiger partial charge in [0.2, 0.25) is 0 Å². The van der Waals surface area contributed by atoms with Crippen LogP contribution in [0.5, 0.6) is 0 Å². The van der Waals surface area contributed by atoms with E-state index in [-0.39, 0.29) is 12.1 Å². The first-order valence-corrected chi connectivity index (χ1v) is 13.8. The van der Waals surface area contributed by atoms with Crippen molar-refractivity contribution in [3.05, 3.63) is 24.6 Å². The molecule has 206 valence electrons. The number of rotatable bonds is 2. The Labute approximate surface area is 219 Å². The van der Waals surface area contributed by atoms with E-state index in [9.17, 15) is 0 Å². The normalized spacial score (nSPS) is 32.2. The third-order valence-electron chi connectivity index (χ3n) is 6.61. The Balaban J connectivity index is 1.98. The fraction of sp³-hybridized carbons (Fsp3) is 0.769. The zero-order valence-electron chi connectivity index (χ0n) is 22.7. The van der Waals surface area contributed by atoms with Crippen molar-refractivity contribution in [2.45, 2.75) is 57.4 Å². The maximum absolute atomic E-state index is 4.65. The van der Waals surface area contributed by atoms with Gasteiger partial charge in [-0.15, -0.1) is 0 Å². The first-order valence-electron chi connectivity index (χ1n) is 13.8. The number of nitrogens with one attached hydrogen (secondary N) is 8. The first-order chi connectivity index (χ1) is 17.7. The summed E-state index contributed by atoms with van der Waals surface area (Å²) < 4.78 is 0. The summed E-state index contributed by atoms with van der Waals surface area (Å²) in [6.45, 7) is 16.8. The van der Waals surface area contributed by atoms with Crippen molar-refractivity contribution >= 4 is 12.4 Å². The minimum Gasteiger partial charge on any atom is -0.389 e. The number of aliphatic imine (C=N–C) groups is 2. The highest BCUT2D eigenvalue weighted by Crippen LogP contribution is 2.05. The van der Waals surface area contributed by atoms with Crippen LogP contribution < -0.4 is 42.5 Å². The standard InChI is InChI=1S/C26H52N10/c1-22-23(2)34-17-14-30-16-19-36-26(24(3)33-9-5-8-32-22)20-25-21-31-7-4-6-27-10-11-28-12-13-29-15-18-35-25/h4-9,22-26,28-31,33-36H,10-21H2,1-3H3/b7-4?,9-5-,27-6?,32-8?/t22-,23-,24-,25?,26-/m1/s1. The van der Waals surface area contributed by atoms with Gasteiger partial charge in [0.1, 0.15) is 0 Å². The Bertz CT molecular complexity index is 651. The lowest BCUT2D eigenvalue weighted by Crippen LogP contribution is -2.52. The highest BCUT2D eigenvalue weighted by molar-refractivity contribution is 5.71. The van der Waals surface area contributed by atoms with Gasteiger partial charge in [0.05, 0.1) is 12.6 Å². The van der Waals surface area contributed by atoms with Gasteiger partial charge in [-0.1, -0.05) is 0 Å². The number of allylic oxidation sites excluding steroid dienone is 2. The molecular weight excluding hydrogens is 452 g/mol. The maximum atomic E-state index is 4.65. The number of hydrogen-bond donors (Lipinski definition) is 8. The molecule has 0 spiro atoms. The van der Waals surface area contributed by atoms with Crippen LogP contribution in [0.3, 0.4) is 0 Å². The highest BCUT2D eigenvalue weighted by atomic mass is 15.1. The predicted molar refractivity (Wildman–Crippen MR) is 154 cm³/mol. The van der Waals surface area contributed by atoms with E-state index < -0.39 is 0 Å². The second-order valence-corrected chi connectivity index (χ2v) is 9.62. The van der Waals surface area contributed by atoms with E-state index in [1.807, 2.05) is 37.0 Å². The lowest BCUT2D eigenvalue weighted by molar-refractivity contribution is 0.337. The minimum absolute atomic E-state index is 0.239. The minimum atomic E-state index is 0.239. The van der Waals surface area contributed by atoms with Crippen LogP contribution in [0.1, 0.15) is 27.2 Å². The quantitative estimate of drug-likeness (QED) is 0.246. The molecule has 0 aromatic rings. The smallest absolute Gasteiger partial charge is 0.0621 e. The zero-order chi connectivity index (χ0) is 25.7. The molecule has 2 aliphatic heterocycles.